The van der Waals surface area contributed by atoms with Crippen molar-refractivity contribution < 1.29 is 19.8 Å². The largest absolute Gasteiger partial charge is 0.507 e. The Balaban J connectivity index is 1.90. The summed E-state index contributed by atoms with van der Waals surface area (Å²) in [5.74, 6) is -2.10. The molecule has 0 aliphatic carbocycles. The van der Waals surface area contributed by atoms with Gasteiger partial charge in [-0.05, 0) is 35.9 Å². The van der Waals surface area contributed by atoms with Gasteiger partial charge >= 0.3 is 5.97 Å². The normalized spacial score (nSPS) is 16.3. The van der Waals surface area contributed by atoms with Crippen molar-refractivity contribution in [2.24, 2.45) is 0 Å². The molecule has 1 amide bonds. The number of rotatable bonds is 4. The van der Waals surface area contributed by atoms with Gasteiger partial charge in [0.25, 0.3) is 5.91 Å². The van der Waals surface area contributed by atoms with Crippen LogP contribution in [-0.2, 0) is 4.79 Å². The van der Waals surface area contributed by atoms with Gasteiger partial charge in [0.2, 0.25) is 0 Å². The zero-order valence-corrected chi connectivity index (χ0v) is 16.0. The van der Waals surface area contributed by atoms with E-state index in [1.165, 1.54) is 29.2 Å². The number of carbonyl (C=O) groups excluding carboxylic acids is 1. The molecular weight excluding hydrogens is 406 g/mol. The fraction of sp³-hybridized carbons (Fsp3) is 0. The van der Waals surface area contributed by atoms with Crippen LogP contribution in [0.5, 0.6) is 5.75 Å². The molecule has 0 unspecified atom stereocenters. The van der Waals surface area contributed by atoms with Gasteiger partial charge < -0.3 is 10.2 Å². The summed E-state index contributed by atoms with van der Waals surface area (Å²) in [6.07, 6.45) is 3.24. The van der Waals surface area contributed by atoms with Gasteiger partial charge in [0.15, 0.2) is 4.32 Å². The molecular formula is C19H12ClNO4S2. The quantitative estimate of drug-likeness (QED) is 0.558. The number of hydrogen-bond acceptors (Lipinski definition) is 5. The van der Waals surface area contributed by atoms with Crippen LogP contribution in [0.2, 0.25) is 0 Å². The Morgan fingerprint density at radius 1 is 1.19 bits per heavy atom. The molecule has 1 heterocycles. The monoisotopic (exact) mass is 417 g/mol. The summed E-state index contributed by atoms with van der Waals surface area (Å²) in [4.78, 5) is 25.5. The van der Waals surface area contributed by atoms with Gasteiger partial charge in [0, 0.05) is 5.03 Å². The van der Waals surface area contributed by atoms with E-state index in [0.29, 0.717) is 9.94 Å². The number of phenols is 1. The molecule has 27 heavy (non-hydrogen) atoms. The first-order valence-electron chi connectivity index (χ1n) is 7.63. The standard InChI is InChI=1S/C19H12ClNO4S2/c20-12(8-11-4-2-1-3-5-11)9-16-17(23)21(19(26)27-16)13-6-7-15(22)14(10-13)18(24)25/h1-10,22H,(H,24,25). The molecule has 2 aromatic carbocycles. The van der Waals surface area contributed by atoms with Crippen LogP contribution >= 0.6 is 35.6 Å². The summed E-state index contributed by atoms with van der Waals surface area (Å²) < 4.78 is 0.248. The van der Waals surface area contributed by atoms with Crippen molar-refractivity contribution >= 4 is 63.5 Å². The molecule has 136 valence electrons. The molecule has 0 bridgehead atoms. The number of allylic oxidation sites excluding steroid dienone is 2. The number of carboxylic acid groups (broad SMARTS) is 1. The van der Waals surface area contributed by atoms with Crippen LogP contribution in [0.4, 0.5) is 5.69 Å². The molecule has 2 aromatic rings. The molecule has 5 nitrogen and oxygen atoms in total. The third-order valence-corrected chi connectivity index (χ3v) is 5.16. The number of hydrogen-bond donors (Lipinski definition) is 2. The van der Waals surface area contributed by atoms with Crippen molar-refractivity contribution in [3.8, 4) is 5.75 Å². The Kier molecular flexibility index (Phi) is 5.65. The number of thiocarbonyl (C=S) groups is 1. The van der Waals surface area contributed by atoms with Crippen LogP contribution in [0, 0.1) is 0 Å². The van der Waals surface area contributed by atoms with Gasteiger partial charge in [0.05, 0.1) is 10.6 Å². The smallest absolute Gasteiger partial charge is 0.339 e. The van der Waals surface area contributed by atoms with Gasteiger partial charge in [-0.3, -0.25) is 9.69 Å². The Bertz CT molecular complexity index is 1000. The van der Waals surface area contributed by atoms with Crippen molar-refractivity contribution in [3.63, 3.8) is 0 Å². The molecule has 0 spiro atoms. The lowest BCUT2D eigenvalue weighted by Crippen LogP contribution is -2.27. The van der Waals surface area contributed by atoms with Gasteiger partial charge in [-0.15, -0.1) is 0 Å². The molecule has 1 saturated heterocycles. The van der Waals surface area contributed by atoms with E-state index in [2.05, 4.69) is 0 Å². The molecule has 0 atom stereocenters. The topological polar surface area (TPSA) is 77.8 Å². The first kappa shape index (κ1) is 19.2. The highest BCUT2D eigenvalue weighted by molar-refractivity contribution is 8.27. The lowest BCUT2D eigenvalue weighted by atomic mass is 10.1. The van der Waals surface area contributed by atoms with E-state index in [4.69, 9.17) is 28.9 Å². The fourth-order valence-electron chi connectivity index (χ4n) is 2.40. The zero-order valence-electron chi connectivity index (χ0n) is 13.6. The summed E-state index contributed by atoms with van der Waals surface area (Å²) in [5, 5.41) is 19.1. The van der Waals surface area contributed by atoms with Gasteiger partial charge in [0.1, 0.15) is 11.3 Å². The number of thioether (sulfide) groups is 1. The van der Waals surface area contributed by atoms with Gasteiger partial charge in [-0.1, -0.05) is 65.9 Å². The predicted octanol–water partition coefficient (Wildman–Crippen LogP) is 4.62. The van der Waals surface area contributed by atoms with Crippen molar-refractivity contribution in [3.05, 3.63) is 75.7 Å². The van der Waals surface area contributed by atoms with E-state index < -0.39 is 11.9 Å². The summed E-state index contributed by atoms with van der Waals surface area (Å²) in [6, 6.07) is 13.2. The highest BCUT2D eigenvalue weighted by atomic mass is 35.5. The van der Waals surface area contributed by atoms with E-state index in [0.717, 1.165) is 17.3 Å². The maximum atomic E-state index is 12.7. The lowest BCUT2D eigenvalue weighted by molar-refractivity contribution is -0.113. The molecule has 1 aliphatic heterocycles. The second-order valence-electron chi connectivity index (χ2n) is 5.46. The minimum atomic E-state index is -1.30. The minimum absolute atomic E-state index is 0.248. The molecule has 0 radical (unpaired) electrons. The fourth-order valence-corrected chi connectivity index (χ4v) is 3.99. The number of benzene rings is 2. The number of halogens is 1. The first-order valence-corrected chi connectivity index (χ1v) is 9.23. The molecule has 3 rings (SSSR count). The van der Waals surface area contributed by atoms with E-state index in [1.54, 1.807) is 6.08 Å². The minimum Gasteiger partial charge on any atom is -0.507 e. The van der Waals surface area contributed by atoms with Crippen molar-refractivity contribution in [2.75, 3.05) is 4.90 Å². The Labute approximate surface area is 169 Å². The average Bonchev–Trinajstić information content (AvgIpc) is 2.89. The van der Waals surface area contributed by atoms with Crippen molar-refractivity contribution in [1.82, 2.24) is 0 Å². The summed E-state index contributed by atoms with van der Waals surface area (Å²) >= 11 is 12.6. The van der Waals surface area contributed by atoms with E-state index in [1.807, 2.05) is 30.3 Å². The molecule has 0 aromatic heterocycles. The van der Waals surface area contributed by atoms with Crippen LogP contribution in [-0.4, -0.2) is 26.4 Å². The third kappa shape index (κ3) is 4.21. The number of carboxylic acids is 1. The average molecular weight is 418 g/mol. The van der Waals surface area contributed by atoms with Gasteiger partial charge in [-0.2, -0.15) is 0 Å². The Morgan fingerprint density at radius 3 is 2.56 bits per heavy atom. The Morgan fingerprint density at radius 2 is 1.89 bits per heavy atom. The van der Waals surface area contributed by atoms with E-state index in [9.17, 15) is 14.7 Å². The van der Waals surface area contributed by atoms with E-state index in [-0.39, 0.29) is 21.3 Å². The number of anilines is 1. The zero-order chi connectivity index (χ0) is 19.6. The summed E-state index contributed by atoms with van der Waals surface area (Å²) in [5.41, 5.74) is 0.839. The second kappa shape index (κ2) is 7.96. The lowest BCUT2D eigenvalue weighted by Gasteiger charge is -2.15. The molecule has 1 aliphatic rings. The molecule has 2 N–H and O–H groups in total. The highest BCUT2D eigenvalue weighted by Gasteiger charge is 2.34. The number of nitrogens with zero attached hydrogens (tertiary/aromatic N) is 1. The SMILES string of the molecule is O=C(O)c1cc(N2C(=O)C(=CC(Cl)=Cc3ccccc3)SC2=S)ccc1O. The molecule has 0 saturated carbocycles. The summed E-state index contributed by atoms with van der Waals surface area (Å²) in [6.45, 7) is 0. The van der Waals surface area contributed by atoms with Crippen molar-refractivity contribution in [1.29, 1.82) is 0 Å². The van der Waals surface area contributed by atoms with Gasteiger partial charge in [-0.25, -0.2) is 4.79 Å². The maximum Gasteiger partial charge on any atom is 0.339 e. The van der Waals surface area contributed by atoms with Crippen LogP contribution < -0.4 is 4.90 Å². The molecule has 8 heteroatoms. The first-order chi connectivity index (χ1) is 12.9. The second-order valence-corrected chi connectivity index (χ2v) is 7.58. The molecule has 1 fully saturated rings. The van der Waals surface area contributed by atoms with E-state index >= 15 is 0 Å². The summed E-state index contributed by atoms with van der Waals surface area (Å²) in [7, 11) is 0. The number of aromatic carboxylic acids is 1. The van der Waals surface area contributed by atoms with Crippen LogP contribution in [0.15, 0.2) is 64.5 Å². The highest BCUT2D eigenvalue weighted by Crippen LogP contribution is 2.37. The third-order valence-electron chi connectivity index (χ3n) is 3.64. The van der Waals surface area contributed by atoms with Crippen LogP contribution in [0.1, 0.15) is 15.9 Å². The number of aromatic hydroxyl groups is 1. The van der Waals surface area contributed by atoms with Crippen LogP contribution in [0.25, 0.3) is 6.08 Å². The Hall–Kier alpha value is -2.61. The van der Waals surface area contributed by atoms with Crippen LogP contribution in [0.3, 0.4) is 0 Å². The maximum absolute atomic E-state index is 12.7. The van der Waals surface area contributed by atoms with Crippen molar-refractivity contribution in [2.45, 2.75) is 0 Å². The number of carbonyl (C=O) groups is 2. The number of amides is 1. The predicted molar refractivity (Wildman–Crippen MR) is 111 cm³/mol.